The first-order valence-electron chi connectivity index (χ1n) is 6.55. The van der Waals surface area contributed by atoms with E-state index in [0.717, 1.165) is 30.0 Å². The van der Waals surface area contributed by atoms with Crippen molar-refractivity contribution in [3.8, 4) is 0 Å². The van der Waals surface area contributed by atoms with Crippen LogP contribution in [0.5, 0.6) is 0 Å². The fraction of sp³-hybridized carbons (Fsp3) is 0.786. The molecule has 1 aliphatic rings. The third-order valence-corrected chi connectivity index (χ3v) is 4.84. The van der Waals surface area contributed by atoms with Crippen LogP contribution in [-0.4, -0.2) is 16.2 Å². The second kappa shape index (κ2) is 5.07. The Bertz CT molecular complexity index is 362. The van der Waals surface area contributed by atoms with Crippen molar-refractivity contribution >= 4 is 11.3 Å². The van der Waals surface area contributed by atoms with E-state index >= 15 is 0 Å². The molecule has 0 aliphatic heterocycles. The van der Waals surface area contributed by atoms with Gasteiger partial charge in [0.05, 0.1) is 16.8 Å². The van der Waals surface area contributed by atoms with E-state index in [2.05, 4.69) is 24.2 Å². The largest absolute Gasteiger partial charge is 0.392 e. The Hall–Kier alpha value is -0.410. The highest BCUT2D eigenvalue weighted by Gasteiger charge is 2.30. The average molecular weight is 253 g/mol. The average Bonchev–Trinajstić information content (AvgIpc) is 2.63. The van der Waals surface area contributed by atoms with E-state index in [0.29, 0.717) is 11.3 Å². The number of thiazole rings is 1. The maximum atomic E-state index is 10.3. The standard InChI is InChI=1S/C14H23NOS/c1-10-15-12(9-17-10)8-13(16)11-4-6-14(2,3)7-5-11/h9,11,13,16H,4-8H2,1-3H3. The Kier molecular flexibility index (Phi) is 3.88. The molecule has 96 valence electrons. The fourth-order valence-electron chi connectivity index (χ4n) is 2.69. The van der Waals surface area contributed by atoms with Gasteiger partial charge in [-0.1, -0.05) is 13.8 Å². The molecule has 2 rings (SSSR count). The van der Waals surface area contributed by atoms with Crippen molar-refractivity contribution in [1.29, 1.82) is 0 Å². The maximum Gasteiger partial charge on any atom is 0.0897 e. The van der Waals surface area contributed by atoms with Gasteiger partial charge in [-0.15, -0.1) is 11.3 Å². The van der Waals surface area contributed by atoms with Crippen LogP contribution in [0.1, 0.15) is 50.2 Å². The van der Waals surface area contributed by atoms with Crippen LogP contribution < -0.4 is 0 Å². The molecule has 1 fully saturated rings. The fourth-order valence-corrected chi connectivity index (χ4v) is 3.31. The minimum Gasteiger partial charge on any atom is -0.392 e. The van der Waals surface area contributed by atoms with Crippen molar-refractivity contribution < 1.29 is 5.11 Å². The number of aliphatic hydroxyl groups excluding tert-OH is 1. The summed E-state index contributed by atoms with van der Waals surface area (Å²) in [5, 5.41) is 13.4. The van der Waals surface area contributed by atoms with Crippen LogP contribution in [-0.2, 0) is 6.42 Å². The second-order valence-corrected chi connectivity index (χ2v) is 7.19. The zero-order chi connectivity index (χ0) is 12.5. The summed E-state index contributed by atoms with van der Waals surface area (Å²) in [5.74, 6) is 0.477. The van der Waals surface area contributed by atoms with E-state index in [4.69, 9.17) is 0 Å². The minimum absolute atomic E-state index is 0.201. The van der Waals surface area contributed by atoms with Gasteiger partial charge in [0.15, 0.2) is 0 Å². The number of aryl methyl sites for hydroxylation is 1. The molecule has 0 aromatic carbocycles. The Morgan fingerprint density at radius 2 is 2.12 bits per heavy atom. The second-order valence-electron chi connectivity index (χ2n) is 6.13. The van der Waals surface area contributed by atoms with Gasteiger partial charge in [0.1, 0.15) is 0 Å². The van der Waals surface area contributed by atoms with Crippen molar-refractivity contribution in [2.45, 2.75) is 59.0 Å². The molecule has 0 radical (unpaired) electrons. The molecule has 1 atom stereocenters. The first-order chi connectivity index (χ1) is 7.96. The Morgan fingerprint density at radius 3 is 2.65 bits per heavy atom. The lowest BCUT2D eigenvalue weighted by Crippen LogP contribution is -2.30. The number of hydrogen-bond donors (Lipinski definition) is 1. The molecule has 0 amide bonds. The van der Waals surface area contributed by atoms with Crippen molar-refractivity contribution in [1.82, 2.24) is 4.98 Å². The molecular weight excluding hydrogens is 230 g/mol. The van der Waals surface area contributed by atoms with Crippen LogP contribution in [0.15, 0.2) is 5.38 Å². The summed E-state index contributed by atoms with van der Waals surface area (Å²) in [6.07, 6.45) is 5.34. The molecule has 3 heteroatoms. The van der Waals surface area contributed by atoms with E-state index in [1.54, 1.807) is 11.3 Å². The van der Waals surface area contributed by atoms with E-state index in [1.165, 1.54) is 12.8 Å². The number of aliphatic hydroxyl groups is 1. The van der Waals surface area contributed by atoms with Crippen molar-refractivity contribution in [2.24, 2.45) is 11.3 Å². The normalized spacial score (nSPS) is 22.6. The lowest BCUT2D eigenvalue weighted by Gasteiger charge is -2.36. The molecule has 1 heterocycles. The molecule has 0 spiro atoms. The molecular formula is C14H23NOS. The molecule has 1 saturated carbocycles. The zero-order valence-electron chi connectivity index (χ0n) is 11.1. The number of rotatable bonds is 3. The summed E-state index contributed by atoms with van der Waals surface area (Å²) < 4.78 is 0. The van der Waals surface area contributed by atoms with E-state index < -0.39 is 0 Å². The van der Waals surface area contributed by atoms with Gasteiger partial charge in [-0.2, -0.15) is 0 Å². The van der Waals surface area contributed by atoms with Crippen LogP contribution in [0.4, 0.5) is 0 Å². The number of aromatic nitrogens is 1. The van der Waals surface area contributed by atoms with Gasteiger partial charge >= 0.3 is 0 Å². The monoisotopic (exact) mass is 253 g/mol. The molecule has 1 aliphatic carbocycles. The highest BCUT2D eigenvalue weighted by Crippen LogP contribution is 2.39. The van der Waals surface area contributed by atoms with Crippen LogP contribution >= 0.6 is 11.3 Å². The molecule has 0 bridgehead atoms. The predicted octanol–water partition coefficient (Wildman–Crippen LogP) is 3.57. The third kappa shape index (κ3) is 3.52. The summed E-state index contributed by atoms with van der Waals surface area (Å²) >= 11 is 1.67. The van der Waals surface area contributed by atoms with E-state index in [9.17, 15) is 5.11 Å². The van der Waals surface area contributed by atoms with Crippen molar-refractivity contribution in [3.63, 3.8) is 0 Å². The first-order valence-corrected chi connectivity index (χ1v) is 7.43. The van der Waals surface area contributed by atoms with Gasteiger partial charge in [0.25, 0.3) is 0 Å². The lowest BCUT2D eigenvalue weighted by atomic mass is 9.71. The van der Waals surface area contributed by atoms with Crippen molar-refractivity contribution in [2.75, 3.05) is 0 Å². The Labute approximate surface area is 108 Å². The minimum atomic E-state index is -0.201. The number of hydrogen-bond acceptors (Lipinski definition) is 3. The molecule has 1 unspecified atom stereocenters. The smallest absolute Gasteiger partial charge is 0.0897 e. The Balaban J connectivity index is 1.87. The van der Waals surface area contributed by atoms with Crippen LogP contribution in [0.2, 0.25) is 0 Å². The molecule has 0 saturated heterocycles. The van der Waals surface area contributed by atoms with Gasteiger partial charge in [0, 0.05) is 11.8 Å². The van der Waals surface area contributed by atoms with E-state index in [1.807, 2.05) is 6.92 Å². The lowest BCUT2D eigenvalue weighted by molar-refractivity contribution is 0.0571. The van der Waals surface area contributed by atoms with E-state index in [-0.39, 0.29) is 6.10 Å². The van der Waals surface area contributed by atoms with Gasteiger partial charge in [-0.25, -0.2) is 4.98 Å². The molecule has 1 N–H and O–H groups in total. The Morgan fingerprint density at radius 1 is 1.47 bits per heavy atom. The van der Waals surface area contributed by atoms with Crippen LogP contribution in [0.3, 0.4) is 0 Å². The molecule has 1 aromatic heterocycles. The first kappa shape index (κ1) is 13.0. The maximum absolute atomic E-state index is 10.3. The van der Waals surface area contributed by atoms with Gasteiger partial charge in [-0.3, -0.25) is 0 Å². The third-order valence-electron chi connectivity index (χ3n) is 4.01. The molecule has 2 nitrogen and oxygen atoms in total. The van der Waals surface area contributed by atoms with Crippen molar-refractivity contribution in [3.05, 3.63) is 16.1 Å². The SMILES string of the molecule is Cc1nc(CC(O)C2CCC(C)(C)CC2)cs1. The topological polar surface area (TPSA) is 33.1 Å². The summed E-state index contributed by atoms with van der Waals surface area (Å²) in [7, 11) is 0. The summed E-state index contributed by atoms with van der Waals surface area (Å²) in [6, 6.07) is 0. The summed E-state index contributed by atoms with van der Waals surface area (Å²) in [5.41, 5.74) is 1.54. The van der Waals surface area contributed by atoms with Gasteiger partial charge in [0.2, 0.25) is 0 Å². The summed E-state index contributed by atoms with van der Waals surface area (Å²) in [4.78, 5) is 4.43. The van der Waals surface area contributed by atoms with Crippen LogP contribution in [0, 0.1) is 18.3 Å². The quantitative estimate of drug-likeness (QED) is 0.893. The molecule has 1 aromatic rings. The predicted molar refractivity (Wildman–Crippen MR) is 72.3 cm³/mol. The molecule has 17 heavy (non-hydrogen) atoms. The highest BCUT2D eigenvalue weighted by molar-refractivity contribution is 7.09. The van der Waals surface area contributed by atoms with Gasteiger partial charge in [-0.05, 0) is 43.9 Å². The zero-order valence-corrected chi connectivity index (χ0v) is 11.9. The number of nitrogens with zero attached hydrogens (tertiary/aromatic N) is 1. The van der Waals surface area contributed by atoms with Crippen LogP contribution in [0.25, 0.3) is 0 Å². The highest BCUT2D eigenvalue weighted by atomic mass is 32.1. The summed E-state index contributed by atoms with van der Waals surface area (Å²) in [6.45, 7) is 6.68. The van der Waals surface area contributed by atoms with Gasteiger partial charge < -0.3 is 5.11 Å².